The normalized spacial score (nSPS) is 18.2. The Morgan fingerprint density at radius 3 is 2.52 bits per heavy atom. The molecule has 0 bridgehead atoms. The first-order valence-electron chi connectivity index (χ1n) is 8.04. The number of halogens is 1. The van der Waals surface area contributed by atoms with E-state index in [4.69, 9.17) is 4.74 Å². The van der Waals surface area contributed by atoms with Crippen molar-refractivity contribution in [1.29, 1.82) is 0 Å². The van der Waals surface area contributed by atoms with Crippen molar-refractivity contribution in [2.75, 3.05) is 7.11 Å². The van der Waals surface area contributed by atoms with Gasteiger partial charge in [0.2, 0.25) is 0 Å². The molecule has 1 unspecified atom stereocenters. The Balaban J connectivity index is 1.85. The van der Waals surface area contributed by atoms with Gasteiger partial charge in [-0.05, 0) is 24.3 Å². The van der Waals surface area contributed by atoms with Crippen LogP contribution in [0.5, 0.6) is 5.75 Å². The third kappa shape index (κ3) is 2.71. The number of ether oxygens (including phenoxy) is 1. The number of fused-ring (bicyclic) bond motifs is 1. The Kier molecular flexibility index (Phi) is 3.82. The van der Waals surface area contributed by atoms with E-state index in [0.29, 0.717) is 11.0 Å². The number of hydrogen-bond acceptors (Lipinski definition) is 2. The lowest BCUT2D eigenvalue weighted by Crippen LogP contribution is -2.36. The van der Waals surface area contributed by atoms with Crippen molar-refractivity contribution in [1.82, 2.24) is 9.47 Å². The molecule has 0 amide bonds. The molecule has 1 atom stereocenters. The number of quaternary nitrogens is 1. The van der Waals surface area contributed by atoms with E-state index in [0.717, 1.165) is 28.3 Å². The topological polar surface area (TPSA) is 22.1 Å². The number of pyridine rings is 1. The van der Waals surface area contributed by atoms with Crippen molar-refractivity contribution in [3.8, 4) is 5.75 Å². The summed E-state index contributed by atoms with van der Waals surface area (Å²) < 4.78 is 19.1. The predicted octanol–water partition coefficient (Wildman–Crippen LogP) is 4.75. The lowest BCUT2D eigenvalue weighted by atomic mass is 10.1. The van der Waals surface area contributed by atoms with E-state index in [1.165, 1.54) is 12.1 Å². The van der Waals surface area contributed by atoms with Crippen molar-refractivity contribution in [3.63, 3.8) is 0 Å². The van der Waals surface area contributed by atoms with Crippen LogP contribution in [0.25, 0.3) is 0 Å². The van der Waals surface area contributed by atoms with Gasteiger partial charge in [0.25, 0.3) is 0 Å². The summed E-state index contributed by atoms with van der Waals surface area (Å²) in [7, 11) is 1.66. The zero-order valence-electron chi connectivity index (χ0n) is 13.8. The summed E-state index contributed by atoms with van der Waals surface area (Å²) in [6.07, 6.45) is 8.99. The smallest absolute Gasteiger partial charge is 0.151 e. The van der Waals surface area contributed by atoms with E-state index in [-0.39, 0.29) is 5.82 Å². The lowest BCUT2D eigenvalue weighted by molar-refractivity contribution is 0.414. The zero-order chi connectivity index (χ0) is 17.3. The van der Waals surface area contributed by atoms with E-state index >= 15 is 0 Å². The minimum atomic E-state index is -0.229. The molecule has 0 fully saturated rings. The van der Waals surface area contributed by atoms with E-state index in [2.05, 4.69) is 17.1 Å². The van der Waals surface area contributed by atoms with Crippen molar-refractivity contribution in [2.45, 2.75) is 6.54 Å². The molecule has 0 saturated carbocycles. The number of benzene rings is 2. The van der Waals surface area contributed by atoms with E-state index in [1.54, 1.807) is 19.5 Å². The van der Waals surface area contributed by atoms with Crippen LogP contribution in [0.1, 0.15) is 11.1 Å². The average Bonchev–Trinajstić information content (AvgIpc) is 3.03. The van der Waals surface area contributed by atoms with Crippen LogP contribution in [0.2, 0.25) is 0 Å². The number of aromatic nitrogens is 1. The summed E-state index contributed by atoms with van der Waals surface area (Å²) in [4.78, 5) is 4.14. The highest BCUT2D eigenvalue weighted by Gasteiger charge is 2.38. The van der Waals surface area contributed by atoms with Gasteiger partial charge in [0.15, 0.2) is 5.69 Å². The molecular weight excluding hydrogens is 315 g/mol. The monoisotopic (exact) mass is 332 g/mol. The van der Waals surface area contributed by atoms with Gasteiger partial charge in [-0.1, -0.05) is 12.1 Å². The van der Waals surface area contributed by atoms with E-state index < -0.39 is 0 Å². The van der Waals surface area contributed by atoms with Gasteiger partial charge in [-0.3, -0.25) is 4.98 Å². The van der Waals surface area contributed by atoms with Crippen LogP contribution in [-0.2, 0) is 6.54 Å². The average molecular weight is 332 g/mol. The first-order chi connectivity index (χ1) is 12.2. The van der Waals surface area contributed by atoms with E-state index in [9.17, 15) is 4.39 Å². The minimum Gasteiger partial charge on any atom is -0.497 e. The molecule has 0 saturated heterocycles. The fourth-order valence-electron chi connectivity index (χ4n) is 3.28. The van der Waals surface area contributed by atoms with Crippen LogP contribution in [0.3, 0.4) is 0 Å². The fraction of sp³-hybridized carbons (Fsp3) is 0.0952. The summed E-state index contributed by atoms with van der Waals surface area (Å²) in [6, 6.07) is 16.7. The summed E-state index contributed by atoms with van der Waals surface area (Å²) >= 11 is 0. The number of nitrogens with zero attached hydrogens (tertiary/aromatic N) is 2. The van der Waals surface area contributed by atoms with Crippen LogP contribution in [0, 0.1) is 11.9 Å². The summed E-state index contributed by atoms with van der Waals surface area (Å²) in [5.41, 5.74) is 4.23. The maximum Gasteiger partial charge on any atom is 0.151 e. The highest BCUT2D eigenvalue weighted by molar-refractivity contribution is 5.70. The Morgan fingerprint density at radius 2 is 1.80 bits per heavy atom. The molecule has 2 heterocycles. The van der Waals surface area contributed by atoms with Crippen LogP contribution in [0.15, 0.2) is 73.2 Å². The highest BCUT2D eigenvalue weighted by Crippen LogP contribution is 2.44. The fourth-order valence-corrected chi connectivity index (χ4v) is 3.28. The Bertz CT molecular complexity index is 922. The number of hydrogen-bond donors (Lipinski definition) is 0. The van der Waals surface area contributed by atoms with Crippen LogP contribution in [-0.4, -0.2) is 12.1 Å². The van der Waals surface area contributed by atoms with Gasteiger partial charge in [-0.25, -0.2) is 8.87 Å². The summed E-state index contributed by atoms with van der Waals surface area (Å²) in [5.74, 6) is 0.573. The van der Waals surface area contributed by atoms with Gasteiger partial charge in [-0.15, -0.1) is 0 Å². The molecule has 2 aromatic carbocycles. The van der Waals surface area contributed by atoms with Gasteiger partial charge in [0, 0.05) is 36.2 Å². The molecule has 4 heteroatoms. The van der Waals surface area contributed by atoms with Gasteiger partial charge in [0.05, 0.1) is 18.7 Å². The van der Waals surface area contributed by atoms with E-state index in [1.807, 2.05) is 42.6 Å². The zero-order valence-corrected chi connectivity index (χ0v) is 13.8. The lowest BCUT2D eigenvalue weighted by Gasteiger charge is -2.32. The largest absolute Gasteiger partial charge is 0.497 e. The van der Waals surface area contributed by atoms with Crippen LogP contribution < -0.4 is 9.22 Å². The molecule has 1 aliphatic heterocycles. The maximum atomic E-state index is 13.3. The standard InChI is InChI=1S/C21H17FN2O/c1-25-20-6-7-21-17(14-20)10-13-24(21,19-8-11-23-12-9-19)15-16-2-4-18(22)5-3-16/h2-9,11-14H,15H2,1H3/q+1. The molecule has 25 heavy (non-hydrogen) atoms. The molecule has 1 aliphatic rings. The quantitative estimate of drug-likeness (QED) is 0.643. The van der Waals surface area contributed by atoms with Crippen molar-refractivity contribution in [2.24, 2.45) is 0 Å². The molecule has 1 radical (unpaired) electrons. The molecule has 0 spiro atoms. The Hall–Kier alpha value is -2.98. The third-order valence-electron chi connectivity index (χ3n) is 4.54. The SMILES string of the molecule is COc1ccc2c(c1)[C]=C[N+]2(Cc1ccc(F)cc1)c1ccncc1. The van der Waals surface area contributed by atoms with Crippen LogP contribution in [0.4, 0.5) is 15.8 Å². The van der Waals surface area contributed by atoms with Gasteiger partial charge >= 0.3 is 0 Å². The Morgan fingerprint density at radius 1 is 1.04 bits per heavy atom. The van der Waals surface area contributed by atoms with Crippen molar-refractivity contribution >= 4 is 11.4 Å². The maximum absolute atomic E-state index is 13.3. The molecule has 4 rings (SSSR count). The molecule has 1 aromatic heterocycles. The minimum absolute atomic E-state index is 0.229. The van der Waals surface area contributed by atoms with Crippen molar-refractivity contribution < 1.29 is 9.13 Å². The molecular formula is C21H17FN2O+. The molecule has 123 valence electrons. The summed E-state index contributed by atoms with van der Waals surface area (Å²) in [5, 5.41) is 0. The number of methoxy groups -OCH3 is 1. The van der Waals surface area contributed by atoms with Crippen LogP contribution >= 0.6 is 0 Å². The second-order valence-corrected chi connectivity index (χ2v) is 6.02. The second kappa shape index (κ2) is 6.15. The highest BCUT2D eigenvalue weighted by atomic mass is 19.1. The molecule has 3 nitrogen and oxygen atoms in total. The predicted molar refractivity (Wildman–Crippen MR) is 95.7 cm³/mol. The summed E-state index contributed by atoms with van der Waals surface area (Å²) in [6.45, 7) is 0.663. The van der Waals surface area contributed by atoms with Gasteiger partial charge < -0.3 is 4.74 Å². The molecule has 3 aromatic rings. The Labute approximate surface area is 146 Å². The molecule has 0 aliphatic carbocycles. The second-order valence-electron chi connectivity index (χ2n) is 6.02. The first kappa shape index (κ1) is 15.5. The number of rotatable bonds is 4. The third-order valence-corrected chi connectivity index (χ3v) is 4.54. The molecule has 0 N–H and O–H groups in total. The first-order valence-corrected chi connectivity index (χ1v) is 8.04. The van der Waals surface area contributed by atoms with Crippen molar-refractivity contribution in [3.05, 3.63) is 96.2 Å². The van der Waals surface area contributed by atoms with Gasteiger partial charge in [-0.2, -0.15) is 0 Å². The van der Waals surface area contributed by atoms with Gasteiger partial charge in [0.1, 0.15) is 30.0 Å².